The average Bonchev–Trinajstić information content (AvgIpc) is 3.15. The molecule has 0 bridgehead atoms. The first-order valence-corrected chi connectivity index (χ1v) is 11.7. The van der Waals surface area contributed by atoms with E-state index >= 15 is 0 Å². The molecule has 2 aliphatic heterocycles. The number of nitrogens with zero attached hydrogens (tertiary/aromatic N) is 2. The van der Waals surface area contributed by atoms with Crippen LogP contribution in [0.5, 0.6) is 0 Å². The fraction of sp³-hybridized carbons (Fsp3) is 0.667. The second kappa shape index (κ2) is 9.65. The zero-order valence-corrected chi connectivity index (χ0v) is 18.4. The van der Waals surface area contributed by atoms with Gasteiger partial charge in [-0.25, -0.2) is 4.39 Å². The molecule has 2 heterocycles. The molecule has 2 saturated heterocycles. The molecule has 0 radical (unpaired) electrons. The summed E-state index contributed by atoms with van der Waals surface area (Å²) >= 11 is 0. The molecule has 3 fully saturated rings. The normalized spacial score (nSPS) is 29.3. The minimum atomic E-state index is -0.819. The number of hydrogen-bond donors (Lipinski definition) is 1. The Morgan fingerprint density at radius 1 is 1.16 bits per heavy atom. The molecule has 1 spiro atoms. The summed E-state index contributed by atoms with van der Waals surface area (Å²) in [5.41, 5.74) is -0.821. The van der Waals surface area contributed by atoms with Crippen molar-refractivity contribution in [2.45, 2.75) is 63.6 Å². The van der Waals surface area contributed by atoms with Gasteiger partial charge in [0, 0.05) is 13.1 Å². The summed E-state index contributed by atoms with van der Waals surface area (Å²) < 4.78 is 20.6. The highest BCUT2D eigenvalue weighted by atomic mass is 19.1. The van der Waals surface area contributed by atoms with Gasteiger partial charge in [0.25, 0.3) is 5.91 Å². The standard InChI is InChI=1S/C24H34FN3O3/c1-18-9-11-24(12-10-18)28(23(30)19-7-3-4-8-20(19)25)21(17-31-24)22(29)26-13-16-27-14-5-2-6-15-27/h3-4,7-8,18,21H,2,5-6,9-17H2,1H3,(H,26,29). The van der Waals surface area contributed by atoms with Crippen molar-refractivity contribution in [3.8, 4) is 0 Å². The summed E-state index contributed by atoms with van der Waals surface area (Å²) in [5.74, 6) is -0.682. The number of hydrogen-bond acceptors (Lipinski definition) is 4. The van der Waals surface area contributed by atoms with Crippen LogP contribution >= 0.6 is 0 Å². The van der Waals surface area contributed by atoms with Crippen molar-refractivity contribution in [3.05, 3.63) is 35.6 Å². The van der Waals surface area contributed by atoms with Crippen LogP contribution in [0.25, 0.3) is 0 Å². The van der Waals surface area contributed by atoms with Crippen LogP contribution in [0.1, 0.15) is 62.2 Å². The second-order valence-corrected chi connectivity index (χ2v) is 9.30. The lowest BCUT2D eigenvalue weighted by Crippen LogP contribution is -2.57. The van der Waals surface area contributed by atoms with E-state index in [9.17, 15) is 14.0 Å². The molecule has 2 amide bonds. The van der Waals surface area contributed by atoms with Gasteiger partial charge in [0.05, 0.1) is 12.2 Å². The third kappa shape index (κ3) is 4.77. The highest BCUT2D eigenvalue weighted by molar-refractivity contribution is 5.98. The van der Waals surface area contributed by atoms with E-state index in [2.05, 4.69) is 17.1 Å². The van der Waals surface area contributed by atoms with Gasteiger partial charge in [0.15, 0.2) is 0 Å². The van der Waals surface area contributed by atoms with Gasteiger partial charge in [-0.3, -0.25) is 14.5 Å². The van der Waals surface area contributed by atoms with Gasteiger partial charge in [-0.2, -0.15) is 0 Å². The molecule has 1 unspecified atom stereocenters. The lowest BCUT2D eigenvalue weighted by Gasteiger charge is -2.43. The molecule has 1 saturated carbocycles. The fourth-order valence-corrected chi connectivity index (χ4v) is 5.18. The Hall–Kier alpha value is -1.99. The lowest BCUT2D eigenvalue weighted by atomic mass is 9.83. The summed E-state index contributed by atoms with van der Waals surface area (Å²) in [7, 11) is 0. The first kappa shape index (κ1) is 22.2. The Bertz CT molecular complexity index is 788. The van der Waals surface area contributed by atoms with Crippen molar-refractivity contribution >= 4 is 11.8 Å². The monoisotopic (exact) mass is 431 g/mol. The van der Waals surface area contributed by atoms with Crippen LogP contribution in [0, 0.1) is 11.7 Å². The van der Waals surface area contributed by atoms with Crippen LogP contribution < -0.4 is 5.32 Å². The summed E-state index contributed by atoms with van der Waals surface area (Å²) in [6, 6.07) is 5.25. The molecule has 1 aromatic carbocycles. The van der Waals surface area contributed by atoms with Gasteiger partial charge in [-0.1, -0.05) is 25.5 Å². The van der Waals surface area contributed by atoms with Gasteiger partial charge in [0.2, 0.25) is 5.91 Å². The van der Waals surface area contributed by atoms with Gasteiger partial charge < -0.3 is 15.0 Å². The van der Waals surface area contributed by atoms with Crippen molar-refractivity contribution in [1.29, 1.82) is 0 Å². The predicted molar refractivity (Wildman–Crippen MR) is 116 cm³/mol. The SMILES string of the molecule is CC1CCC2(CC1)OCC(C(=O)NCCN1CCCCC1)N2C(=O)c1ccccc1F. The van der Waals surface area contributed by atoms with Crippen LogP contribution in [-0.4, -0.2) is 66.2 Å². The van der Waals surface area contributed by atoms with Crippen LogP contribution in [0.2, 0.25) is 0 Å². The van der Waals surface area contributed by atoms with Crippen LogP contribution in [0.4, 0.5) is 4.39 Å². The molecule has 0 aromatic heterocycles. The van der Waals surface area contributed by atoms with Crippen molar-refractivity contribution < 1.29 is 18.7 Å². The van der Waals surface area contributed by atoms with E-state index in [1.54, 1.807) is 17.0 Å². The first-order valence-electron chi connectivity index (χ1n) is 11.7. The number of piperidine rings is 1. The highest BCUT2D eigenvalue weighted by Gasteiger charge is 2.53. The van der Waals surface area contributed by atoms with Crippen molar-refractivity contribution in [1.82, 2.24) is 15.1 Å². The fourth-order valence-electron chi connectivity index (χ4n) is 5.18. The largest absolute Gasteiger partial charge is 0.353 e. The summed E-state index contributed by atoms with van der Waals surface area (Å²) in [5, 5.41) is 3.01. The van der Waals surface area contributed by atoms with E-state index in [1.165, 1.54) is 31.4 Å². The third-order valence-electron chi connectivity index (χ3n) is 7.12. The van der Waals surface area contributed by atoms with Gasteiger partial charge >= 0.3 is 0 Å². The molecule has 4 rings (SSSR count). The molecule has 31 heavy (non-hydrogen) atoms. The number of rotatable bonds is 5. The quantitative estimate of drug-likeness (QED) is 0.778. The minimum Gasteiger partial charge on any atom is -0.353 e. The molecule has 170 valence electrons. The molecule has 7 heteroatoms. The lowest BCUT2D eigenvalue weighted by molar-refractivity contribution is -0.127. The predicted octanol–water partition coefficient (Wildman–Crippen LogP) is 3.18. The molecule has 1 aliphatic carbocycles. The molecule has 1 N–H and O–H groups in total. The second-order valence-electron chi connectivity index (χ2n) is 9.30. The Morgan fingerprint density at radius 2 is 1.87 bits per heavy atom. The zero-order valence-electron chi connectivity index (χ0n) is 18.4. The molecular formula is C24H34FN3O3. The van der Waals surface area contributed by atoms with Crippen molar-refractivity contribution in [2.75, 3.05) is 32.8 Å². The van der Waals surface area contributed by atoms with Gasteiger partial charge in [0.1, 0.15) is 17.6 Å². The number of ether oxygens (including phenoxy) is 1. The number of nitrogens with one attached hydrogen (secondary N) is 1. The van der Waals surface area contributed by atoms with E-state index in [0.717, 1.165) is 32.5 Å². The number of halogens is 1. The number of benzene rings is 1. The van der Waals surface area contributed by atoms with Gasteiger partial charge in [-0.05, 0) is 69.7 Å². The van der Waals surface area contributed by atoms with E-state index < -0.39 is 23.5 Å². The third-order valence-corrected chi connectivity index (χ3v) is 7.12. The summed E-state index contributed by atoms with van der Waals surface area (Å²) in [6.07, 6.45) is 6.87. The smallest absolute Gasteiger partial charge is 0.259 e. The van der Waals surface area contributed by atoms with Gasteiger partial charge in [-0.15, -0.1) is 0 Å². The van der Waals surface area contributed by atoms with E-state index in [0.29, 0.717) is 25.3 Å². The maximum Gasteiger partial charge on any atom is 0.259 e. The Labute approximate surface area is 184 Å². The van der Waals surface area contributed by atoms with Crippen LogP contribution in [0.3, 0.4) is 0 Å². The van der Waals surface area contributed by atoms with E-state index in [4.69, 9.17) is 4.74 Å². The van der Waals surface area contributed by atoms with E-state index in [-0.39, 0.29) is 18.1 Å². The number of amides is 2. The highest BCUT2D eigenvalue weighted by Crippen LogP contribution is 2.43. The summed E-state index contributed by atoms with van der Waals surface area (Å²) in [4.78, 5) is 30.5. The number of carbonyl (C=O) groups excluding carboxylic acids is 2. The zero-order chi connectivity index (χ0) is 21.8. The van der Waals surface area contributed by atoms with Crippen molar-refractivity contribution in [3.63, 3.8) is 0 Å². The topological polar surface area (TPSA) is 61.9 Å². The Kier molecular flexibility index (Phi) is 6.92. The van der Waals surface area contributed by atoms with Crippen LogP contribution in [-0.2, 0) is 9.53 Å². The Morgan fingerprint density at radius 3 is 2.58 bits per heavy atom. The van der Waals surface area contributed by atoms with Crippen LogP contribution in [0.15, 0.2) is 24.3 Å². The van der Waals surface area contributed by atoms with E-state index in [1.807, 2.05) is 0 Å². The molecule has 6 nitrogen and oxygen atoms in total. The molecule has 1 aromatic rings. The first-order chi connectivity index (χ1) is 15.0. The summed E-state index contributed by atoms with van der Waals surface area (Å²) in [6.45, 7) is 5.84. The number of carbonyl (C=O) groups is 2. The minimum absolute atomic E-state index is 0.00267. The number of likely N-dealkylation sites (tertiary alicyclic amines) is 1. The average molecular weight is 432 g/mol. The van der Waals surface area contributed by atoms with Crippen molar-refractivity contribution in [2.24, 2.45) is 5.92 Å². The molecular weight excluding hydrogens is 397 g/mol. The maximum atomic E-state index is 14.5. The maximum absolute atomic E-state index is 14.5. The Balaban J connectivity index is 1.49. The molecule has 1 atom stereocenters. The molecule has 3 aliphatic rings.